The summed E-state index contributed by atoms with van der Waals surface area (Å²) < 4.78 is 5.15. The van der Waals surface area contributed by atoms with Gasteiger partial charge in [-0.2, -0.15) is 0 Å². The molecule has 1 aromatic carbocycles. The van der Waals surface area contributed by atoms with E-state index >= 15 is 0 Å². The van der Waals surface area contributed by atoms with E-state index in [4.69, 9.17) is 22.1 Å². The van der Waals surface area contributed by atoms with Crippen LogP contribution in [0.3, 0.4) is 0 Å². The molecular formula is C16H22ClN3O3. The number of nitrogens with two attached hydrogens (primary N) is 1. The monoisotopic (exact) mass is 339 g/mol. The number of nitrogens with zero attached hydrogens (tertiary/aromatic N) is 2. The van der Waals surface area contributed by atoms with E-state index in [1.807, 2.05) is 18.2 Å². The molecule has 0 aliphatic carbocycles. The first kappa shape index (κ1) is 17.6. The Morgan fingerprint density at radius 2 is 2.13 bits per heavy atom. The van der Waals surface area contributed by atoms with Gasteiger partial charge in [0.05, 0.1) is 12.1 Å². The highest BCUT2D eigenvalue weighted by Gasteiger charge is 2.29. The third kappa shape index (κ3) is 4.59. The maximum atomic E-state index is 11.6. The second-order valence-corrected chi connectivity index (χ2v) is 6.14. The van der Waals surface area contributed by atoms with Gasteiger partial charge in [-0.1, -0.05) is 17.7 Å². The number of carbonyl (C=O) groups excluding carboxylic acids is 2. The number of benzene rings is 1. The van der Waals surface area contributed by atoms with Gasteiger partial charge in [-0.05, 0) is 17.7 Å². The number of methoxy groups -OCH3 is 1. The van der Waals surface area contributed by atoms with E-state index in [0.29, 0.717) is 37.0 Å². The van der Waals surface area contributed by atoms with E-state index in [9.17, 15) is 9.59 Å². The predicted molar refractivity (Wildman–Crippen MR) is 88.3 cm³/mol. The van der Waals surface area contributed by atoms with Crippen LogP contribution in [0, 0.1) is 0 Å². The van der Waals surface area contributed by atoms with Crippen molar-refractivity contribution in [1.82, 2.24) is 9.80 Å². The average Bonchev–Trinajstić information content (AvgIpc) is 2.48. The number of rotatable bonds is 5. The van der Waals surface area contributed by atoms with Crippen LogP contribution in [0.2, 0.25) is 5.02 Å². The largest absolute Gasteiger partial charge is 0.495 e. The molecule has 0 spiro atoms. The molecule has 2 N–H and O–H groups in total. The number of halogens is 1. The van der Waals surface area contributed by atoms with E-state index in [1.54, 1.807) is 18.9 Å². The lowest BCUT2D eigenvalue weighted by Gasteiger charge is -2.40. The lowest BCUT2D eigenvalue weighted by Crippen LogP contribution is -2.54. The van der Waals surface area contributed by atoms with Crippen LogP contribution in [-0.2, 0) is 16.1 Å². The molecule has 6 nitrogen and oxygen atoms in total. The van der Waals surface area contributed by atoms with Gasteiger partial charge in [0.1, 0.15) is 5.75 Å². The minimum Gasteiger partial charge on any atom is -0.495 e. The Morgan fingerprint density at radius 3 is 2.70 bits per heavy atom. The summed E-state index contributed by atoms with van der Waals surface area (Å²) >= 11 is 6.16. The molecule has 1 aromatic rings. The first-order valence-electron chi connectivity index (χ1n) is 7.51. The molecule has 2 rings (SSSR count). The quantitative estimate of drug-likeness (QED) is 0.876. The first-order valence-corrected chi connectivity index (χ1v) is 7.88. The van der Waals surface area contributed by atoms with Crippen LogP contribution in [0.15, 0.2) is 18.2 Å². The highest BCUT2D eigenvalue weighted by Crippen LogP contribution is 2.26. The Bertz CT molecular complexity index is 594. The molecular weight excluding hydrogens is 318 g/mol. The molecule has 1 unspecified atom stereocenters. The zero-order valence-electron chi connectivity index (χ0n) is 13.4. The Labute approximate surface area is 141 Å². The summed E-state index contributed by atoms with van der Waals surface area (Å²) in [5.74, 6) is 0.287. The zero-order valence-corrected chi connectivity index (χ0v) is 14.2. The normalized spacial score (nSPS) is 18.7. The third-order valence-corrected chi connectivity index (χ3v) is 4.38. The van der Waals surface area contributed by atoms with Crippen LogP contribution in [0.4, 0.5) is 0 Å². The van der Waals surface area contributed by atoms with Gasteiger partial charge in [0.15, 0.2) is 0 Å². The molecule has 23 heavy (non-hydrogen) atoms. The van der Waals surface area contributed by atoms with Gasteiger partial charge in [-0.3, -0.25) is 14.5 Å². The molecule has 0 aromatic heterocycles. The van der Waals surface area contributed by atoms with E-state index < -0.39 is 0 Å². The van der Waals surface area contributed by atoms with E-state index in [1.165, 1.54) is 0 Å². The van der Waals surface area contributed by atoms with Crippen LogP contribution >= 0.6 is 11.6 Å². The average molecular weight is 340 g/mol. The minimum atomic E-state index is -0.363. The van der Waals surface area contributed by atoms with E-state index in [-0.39, 0.29) is 24.3 Å². The van der Waals surface area contributed by atoms with Crippen LogP contribution in [0.1, 0.15) is 18.9 Å². The number of carbonyl (C=O) groups is 2. The summed E-state index contributed by atoms with van der Waals surface area (Å²) in [6.07, 6.45) is 0.230. The standard InChI is InChI=1S/C16H22ClN3O3/c1-11(21)19-5-6-20(13(10-19)8-16(18)22)9-12-3-4-15(23-2)14(17)7-12/h3-4,7,13H,5-6,8-10H2,1-2H3,(H2,18,22). The molecule has 2 amide bonds. The van der Waals surface area contributed by atoms with Crippen molar-refractivity contribution in [2.24, 2.45) is 5.73 Å². The van der Waals surface area contributed by atoms with Gasteiger partial charge in [0, 0.05) is 45.6 Å². The second-order valence-electron chi connectivity index (χ2n) is 5.73. The fraction of sp³-hybridized carbons (Fsp3) is 0.500. The summed E-state index contributed by atoms with van der Waals surface area (Å²) in [6, 6.07) is 5.56. The van der Waals surface area contributed by atoms with Gasteiger partial charge in [-0.25, -0.2) is 0 Å². The summed E-state index contributed by atoms with van der Waals surface area (Å²) in [5.41, 5.74) is 6.38. The van der Waals surface area contributed by atoms with E-state index in [2.05, 4.69) is 4.90 Å². The van der Waals surface area contributed by atoms with Crippen molar-refractivity contribution in [2.45, 2.75) is 25.9 Å². The SMILES string of the molecule is COc1ccc(CN2CCN(C(C)=O)CC2CC(N)=O)cc1Cl. The van der Waals surface area contributed by atoms with Gasteiger partial charge >= 0.3 is 0 Å². The lowest BCUT2D eigenvalue weighted by molar-refractivity contribution is -0.133. The van der Waals surface area contributed by atoms with Crippen LogP contribution in [0.25, 0.3) is 0 Å². The van der Waals surface area contributed by atoms with Crippen molar-refractivity contribution in [3.05, 3.63) is 28.8 Å². The maximum absolute atomic E-state index is 11.6. The van der Waals surface area contributed by atoms with Gasteiger partial charge in [-0.15, -0.1) is 0 Å². The summed E-state index contributed by atoms with van der Waals surface area (Å²) in [5, 5.41) is 0.554. The molecule has 0 bridgehead atoms. The number of primary amides is 1. The van der Waals surface area contributed by atoms with Gasteiger partial charge in [0.2, 0.25) is 11.8 Å². The molecule has 126 valence electrons. The second kappa shape index (κ2) is 7.66. The third-order valence-electron chi connectivity index (χ3n) is 4.09. The summed E-state index contributed by atoms with van der Waals surface area (Å²) in [4.78, 5) is 26.8. The number of hydrogen-bond acceptors (Lipinski definition) is 4. The Hall–Kier alpha value is -1.79. The molecule has 1 saturated heterocycles. The molecule has 1 aliphatic rings. The van der Waals surface area contributed by atoms with Crippen LogP contribution < -0.4 is 10.5 Å². The van der Waals surface area contributed by atoms with E-state index in [0.717, 1.165) is 5.56 Å². The Balaban J connectivity index is 2.11. The van der Waals surface area contributed by atoms with Crippen molar-refractivity contribution in [2.75, 3.05) is 26.7 Å². The molecule has 1 heterocycles. The summed E-state index contributed by atoms with van der Waals surface area (Å²) in [6.45, 7) is 4.05. The fourth-order valence-corrected chi connectivity index (χ4v) is 3.14. The van der Waals surface area contributed by atoms with Crippen molar-refractivity contribution in [1.29, 1.82) is 0 Å². The number of piperazine rings is 1. The zero-order chi connectivity index (χ0) is 17.0. The summed E-state index contributed by atoms with van der Waals surface area (Å²) in [7, 11) is 1.57. The molecule has 7 heteroatoms. The highest BCUT2D eigenvalue weighted by molar-refractivity contribution is 6.32. The molecule has 1 atom stereocenters. The Kier molecular flexibility index (Phi) is 5.85. The molecule has 1 aliphatic heterocycles. The van der Waals surface area contributed by atoms with Crippen molar-refractivity contribution < 1.29 is 14.3 Å². The predicted octanol–water partition coefficient (Wildman–Crippen LogP) is 1.26. The van der Waals surface area contributed by atoms with Crippen molar-refractivity contribution in [3.63, 3.8) is 0 Å². The fourth-order valence-electron chi connectivity index (χ4n) is 2.86. The van der Waals surface area contributed by atoms with Crippen LogP contribution in [-0.4, -0.2) is 54.4 Å². The van der Waals surface area contributed by atoms with Gasteiger partial charge in [0.25, 0.3) is 0 Å². The number of amides is 2. The lowest BCUT2D eigenvalue weighted by atomic mass is 10.1. The van der Waals surface area contributed by atoms with Crippen LogP contribution in [0.5, 0.6) is 5.75 Å². The van der Waals surface area contributed by atoms with Crippen molar-refractivity contribution in [3.8, 4) is 5.75 Å². The molecule has 0 radical (unpaired) electrons. The smallest absolute Gasteiger partial charge is 0.219 e. The highest BCUT2D eigenvalue weighted by atomic mass is 35.5. The topological polar surface area (TPSA) is 75.9 Å². The maximum Gasteiger partial charge on any atom is 0.219 e. The Morgan fingerprint density at radius 1 is 1.39 bits per heavy atom. The number of hydrogen-bond donors (Lipinski definition) is 1. The number of ether oxygens (including phenoxy) is 1. The first-order chi connectivity index (χ1) is 10.9. The van der Waals surface area contributed by atoms with Crippen molar-refractivity contribution >= 4 is 23.4 Å². The van der Waals surface area contributed by atoms with Gasteiger partial charge < -0.3 is 15.4 Å². The molecule has 1 fully saturated rings. The minimum absolute atomic E-state index is 0.0200. The molecule has 0 saturated carbocycles.